The Morgan fingerprint density at radius 1 is 1.30 bits per heavy atom. The van der Waals surface area contributed by atoms with Gasteiger partial charge in [-0.2, -0.15) is 0 Å². The lowest BCUT2D eigenvalue weighted by molar-refractivity contribution is -0.116. The van der Waals surface area contributed by atoms with E-state index in [0.29, 0.717) is 12.6 Å². The Labute approximate surface area is 135 Å². The van der Waals surface area contributed by atoms with E-state index < -0.39 is 0 Å². The van der Waals surface area contributed by atoms with E-state index in [4.69, 9.17) is 0 Å². The predicted octanol–water partition coefficient (Wildman–Crippen LogP) is 3.91. The van der Waals surface area contributed by atoms with Gasteiger partial charge in [0.1, 0.15) is 5.82 Å². The zero-order valence-electron chi connectivity index (χ0n) is 13.5. The van der Waals surface area contributed by atoms with E-state index in [1.807, 2.05) is 6.08 Å². The summed E-state index contributed by atoms with van der Waals surface area (Å²) in [5.41, 5.74) is 4.43. The number of nitrogens with one attached hydrogen (secondary N) is 1. The number of aryl methyl sites for hydroxylation is 1. The molecule has 2 aromatic rings. The second-order valence-electron chi connectivity index (χ2n) is 6.11. The molecule has 1 aromatic heterocycles. The van der Waals surface area contributed by atoms with Gasteiger partial charge in [-0.25, -0.2) is 4.39 Å². The van der Waals surface area contributed by atoms with Gasteiger partial charge in [-0.1, -0.05) is 12.1 Å². The van der Waals surface area contributed by atoms with Crippen LogP contribution in [0, 0.1) is 19.7 Å². The molecule has 1 aromatic carbocycles. The van der Waals surface area contributed by atoms with Crippen molar-refractivity contribution in [2.75, 3.05) is 0 Å². The van der Waals surface area contributed by atoms with Crippen molar-refractivity contribution in [2.45, 2.75) is 39.3 Å². The Morgan fingerprint density at radius 3 is 2.65 bits per heavy atom. The molecule has 0 spiro atoms. The number of halogens is 1. The lowest BCUT2D eigenvalue weighted by Gasteiger charge is -2.06. The van der Waals surface area contributed by atoms with E-state index in [9.17, 15) is 9.18 Å². The van der Waals surface area contributed by atoms with Crippen LogP contribution in [0.4, 0.5) is 4.39 Å². The van der Waals surface area contributed by atoms with Crippen molar-refractivity contribution >= 4 is 12.0 Å². The van der Waals surface area contributed by atoms with Crippen LogP contribution in [0.2, 0.25) is 0 Å². The van der Waals surface area contributed by atoms with E-state index in [0.717, 1.165) is 11.1 Å². The molecule has 1 fully saturated rings. The second kappa shape index (κ2) is 6.41. The lowest BCUT2D eigenvalue weighted by Crippen LogP contribution is -2.20. The smallest absolute Gasteiger partial charge is 0.244 e. The first kappa shape index (κ1) is 15.5. The van der Waals surface area contributed by atoms with Crippen molar-refractivity contribution in [3.8, 4) is 0 Å². The highest BCUT2D eigenvalue weighted by Crippen LogP contribution is 2.38. The minimum absolute atomic E-state index is 0.148. The van der Waals surface area contributed by atoms with Crippen LogP contribution < -0.4 is 5.32 Å². The first-order chi connectivity index (χ1) is 11.0. The molecule has 0 radical (unpaired) electrons. The molecule has 0 aliphatic heterocycles. The van der Waals surface area contributed by atoms with Crippen LogP contribution in [0.25, 0.3) is 6.08 Å². The number of nitrogens with zero attached hydrogens (tertiary/aromatic N) is 1. The summed E-state index contributed by atoms with van der Waals surface area (Å²) in [5.74, 6) is -0.420. The normalized spacial score (nSPS) is 14.4. The Hall–Kier alpha value is -2.36. The quantitative estimate of drug-likeness (QED) is 0.835. The number of aromatic nitrogens is 1. The van der Waals surface area contributed by atoms with E-state index in [-0.39, 0.29) is 11.7 Å². The van der Waals surface area contributed by atoms with Crippen LogP contribution in [-0.4, -0.2) is 10.5 Å². The predicted molar refractivity (Wildman–Crippen MR) is 89.5 cm³/mol. The second-order valence-corrected chi connectivity index (χ2v) is 6.11. The summed E-state index contributed by atoms with van der Waals surface area (Å²) in [7, 11) is 0. The molecule has 1 N–H and O–H groups in total. The standard InChI is InChI=1S/C19H21FN2O/c1-13-11-16(14(2)22(13)18-8-9-18)5-10-19(23)21-12-15-3-6-17(20)7-4-15/h3-7,10-11,18H,8-9,12H2,1-2H3,(H,21,23)/b10-5+. The molecule has 120 valence electrons. The average Bonchev–Trinajstić information content (AvgIpc) is 3.31. The first-order valence-electron chi connectivity index (χ1n) is 7.93. The Kier molecular flexibility index (Phi) is 4.33. The van der Waals surface area contributed by atoms with Crippen LogP contribution in [0.1, 0.15) is 41.4 Å². The van der Waals surface area contributed by atoms with Gasteiger partial charge >= 0.3 is 0 Å². The maximum Gasteiger partial charge on any atom is 0.244 e. The Balaban J connectivity index is 1.60. The SMILES string of the molecule is Cc1cc(/C=C/C(=O)NCc2ccc(F)cc2)c(C)n1C1CC1. The van der Waals surface area contributed by atoms with Gasteiger partial charge in [0.25, 0.3) is 0 Å². The molecule has 1 heterocycles. The van der Waals surface area contributed by atoms with Crippen LogP contribution in [0.5, 0.6) is 0 Å². The molecule has 1 saturated carbocycles. The Morgan fingerprint density at radius 2 is 2.00 bits per heavy atom. The highest BCUT2D eigenvalue weighted by atomic mass is 19.1. The van der Waals surface area contributed by atoms with Crippen molar-refractivity contribution in [1.82, 2.24) is 9.88 Å². The van der Waals surface area contributed by atoms with Crippen LogP contribution in [0.15, 0.2) is 36.4 Å². The van der Waals surface area contributed by atoms with Crippen molar-refractivity contribution in [1.29, 1.82) is 0 Å². The van der Waals surface area contributed by atoms with E-state index in [1.54, 1.807) is 18.2 Å². The summed E-state index contributed by atoms with van der Waals surface area (Å²) in [5, 5.41) is 2.81. The van der Waals surface area contributed by atoms with Gasteiger partial charge in [-0.15, -0.1) is 0 Å². The minimum atomic E-state index is -0.272. The summed E-state index contributed by atoms with van der Waals surface area (Å²) < 4.78 is 15.2. The summed E-state index contributed by atoms with van der Waals surface area (Å²) in [6.45, 7) is 4.60. The number of carbonyl (C=O) groups is 1. The molecule has 4 heteroatoms. The molecule has 0 saturated heterocycles. The van der Waals surface area contributed by atoms with E-state index >= 15 is 0 Å². The molecule has 23 heavy (non-hydrogen) atoms. The highest BCUT2D eigenvalue weighted by molar-refractivity contribution is 5.91. The largest absolute Gasteiger partial charge is 0.348 e. The van der Waals surface area contributed by atoms with Gasteiger partial charge < -0.3 is 9.88 Å². The topological polar surface area (TPSA) is 34.0 Å². The number of hydrogen-bond donors (Lipinski definition) is 1. The molecule has 0 unspecified atom stereocenters. The summed E-state index contributed by atoms with van der Waals surface area (Å²) >= 11 is 0. The van der Waals surface area contributed by atoms with Crippen molar-refractivity contribution < 1.29 is 9.18 Å². The molecule has 1 amide bonds. The average molecular weight is 312 g/mol. The number of carbonyl (C=O) groups excluding carboxylic acids is 1. The highest BCUT2D eigenvalue weighted by Gasteiger charge is 2.26. The van der Waals surface area contributed by atoms with E-state index in [1.165, 1.54) is 36.4 Å². The third-order valence-electron chi connectivity index (χ3n) is 4.23. The molecular weight excluding hydrogens is 291 g/mol. The summed E-state index contributed by atoms with van der Waals surface area (Å²) in [6.07, 6.45) is 5.92. The van der Waals surface area contributed by atoms with Crippen LogP contribution in [-0.2, 0) is 11.3 Å². The zero-order chi connectivity index (χ0) is 16.4. The number of rotatable bonds is 5. The monoisotopic (exact) mass is 312 g/mol. The fourth-order valence-corrected chi connectivity index (χ4v) is 2.88. The summed E-state index contributed by atoms with van der Waals surface area (Å²) in [4.78, 5) is 11.9. The van der Waals surface area contributed by atoms with Gasteiger partial charge in [0, 0.05) is 30.1 Å². The molecular formula is C19H21FN2O. The molecule has 0 bridgehead atoms. The van der Waals surface area contributed by atoms with Crippen molar-refractivity contribution in [2.24, 2.45) is 0 Å². The lowest BCUT2D eigenvalue weighted by atomic mass is 10.2. The minimum Gasteiger partial charge on any atom is -0.348 e. The third kappa shape index (κ3) is 3.70. The van der Waals surface area contributed by atoms with Crippen LogP contribution in [0.3, 0.4) is 0 Å². The zero-order valence-corrected chi connectivity index (χ0v) is 13.5. The maximum atomic E-state index is 12.8. The Bertz CT molecular complexity index is 739. The van der Waals surface area contributed by atoms with Gasteiger partial charge in [0.15, 0.2) is 0 Å². The van der Waals surface area contributed by atoms with Gasteiger partial charge in [0.05, 0.1) is 0 Å². The van der Waals surface area contributed by atoms with Crippen molar-refractivity contribution in [3.63, 3.8) is 0 Å². The fourth-order valence-electron chi connectivity index (χ4n) is 2.88. The molecule has 1 aliphatic rings. The number of benzene rings is 1. The van der Waals surface area contributed by atoms with Gasteiger partial charge in [-0.05, 0) is 62.1 Å². The number of hydrogen-bond acceptors (Lipinski definition) is 1. The van der Waals surface area contributed by atoms with E-state index in [2.05, 4.69) is 29.8 Å². The third-order valence-corrected chi connectivity index (χ3v) is 4.23. The molecule has 3 rings (SSSR count). The number of amides is 1. The molecule has 1 aliphatic carbocycles. The molecule has 0 atom stereocenters. The summed E-state index contributed by atoms with van der Waals surface area (Å²) in [6, 6.07) is 8.89. The van der Waals surface area contributed by atoms with Crippen LogP contribution >= 0.6 is 0 Å². The fraction of sp³-hybridized carbons (Fsp3) is 0.316. The maximum absolute atomic E-state index is 12.8. The molecule has 3 nitrogen and oxygen atoms in total. The first-order valence-corrected chi connectivity index (χ1v) is 7.93. The van der Waals surface area contributed by atoms with Gasteiger partial charge in [0.2, 0.25) is 5.91 Å². The van der Waals surface area contributed by atoms with Gasteiger partial charge in [-0.3, -0.25) is 4.79 Å². The van der Waals surface area contributed by atoms with Crippen molar-refractivity contribution in [3.05, 3.63) is 64.7 Å².